The fourth-order valence-corrected chi connectivity index (χ4v) is 3.23. The first-order valence-corrected chi connectivity index (χ1v) is 9.62. The smallest absolute Gasteiger partial charge is 0.249 e. The van der Waals surface area contributed by atoms with Crippen LogP contribution in [0, 0.1) is 0 Å². The van der Waals surface area contributed by atoms with E-state index in [0.717, 1.165) is 30.2 Å². The Morgan fingerprint density at radius 1 is 0.929 bits per heavy atom. The highest BCUT2D eigenvalue weighted by Crippen LogP contribution is 2.24. The van der Waals surface area contributed by atoms with Gasteiger partial charge in [-0.3, -0.25) is 0 Å². The van der Waals surface area contributed by atoms with Crippen LogP contribution < -0.4 is 20.3 Å². The number of hydrogen-bond donors (Lipinski definition) is 2. The first-order chi connectivity index (χ1) is 13.8. The molecular formula is C21H24N6O. The third-order valence-corrected chi connectivity index (χ3v) is 4.59. The Kier molecular flexibility index (Phi) is 5.51. The van der Waals surface area contributed by atoms with Gasteiger partial charge in [-0.1, -0.05) is 0 Å². The third-order valence-electron chi connectivity index (χ3n) is 4.59. The lowest BCUT2D eigenvalue weighted by molar-refractivity contribution is 0.340. The van der Waals surface area contributed by atoms with Crippen molar-refractivity contribution in [2.24, 2.45) is 0 Å². The van der Waals surface area contributed by atoms with E-state index in [1.165, 1.54) is 18.5 Å². The molecule has 144 valence electrons. The van der Waals surface area contributed by atoms with Crippen LogP contribution in [0.15, 0.2) is 54.7 Å². The standard InChI is InChI=1S/C21H24N6O/c1-2-28-19-11-7-16(8-12-19)23-20-15-22-26-21(25-20)24-17-5-9-18(10-6-17)27-13-3-4-14-27/h5-12,15H,2-4,13-14H2,1H3,(H2,23,24,25,26). The minimum atomic E-state index is 0.449. The highest BCUT2D eigenvalue weighted by Gasteiger charge is 2.12. The lowest BCUT2D eigenvalue weighted by Crippen LogP contribution is -2.17. The van der Waals surface area contributed by atoms with Gasteiger partial charge >= 0.3 is 0 Å². The first-order valence-electron chi connectivity index (χ1n) is 9.62. The van der Waals surface area contributed by atoms with Crippen molar-refractivity contribution < 1.29 is 4.74 Å². The molecule has 2 heterocycles. The van der Waals surface area contributed by atoms with Crippen LogP contribution in [0.5, 0.6) is 5.75 Å². The normalized spacial score (nSPS) is 13.4. The van der Waals surface area contributed by atoms with Crippen molar-refractivity contribution in [3.05, 3.63) is 54.7 Å². The quantitative estimate of drug-likeness (QED) is 0.634. The number of rotatable bonds is 7. The summed E-state index contributed by atoms with van der Waals surface area (Å²) in [4.78, 5) is 6.89. The number of nitrogens with zero attached hydrogens (tertiary/aromatic N) is 4. The Morgan fingerprint density at radius 2 is 1.61 bits per heavy atom. The highest BCUT2D eigenvalue weighted by molar-refractivity contribution is 5.61. The molecule has 0 amide bonds. The van der Waals surface area contributed by atoms with E-state index in [0.29, 0.717) is 18.4 Å². The maximum Gasteiger partial charge on any atom is 0.249 e. The van der Waals surface area contributed by atoms with Crippen molar-refractivity contribution in [1.29, 1.82) is 0 Å². The van der Waals surface area contributed by atoms with Crippen LogP contribution in [0.2, 0.25) is 0 Å². The molecule has 1 saturated heterocycles. The summed E-state index contributed by atoms with van der Waals surface area (Å²) < 4.78 is 5.46. The molecule has 0 saturated carbocycles. The summed E-state index contributed by atoms with van der Waals surface area (Å²) in [6, 6.07) is 16.1. The minimum Gasteiger partial charge on any atom is -0.494 e. The van der Waals surface area contributed by atoms with Gasteiger partial charge in [-0.2, -0.15) is 10.1 Å². The average Bonchev–Trinajstić information content (AvgIpc) is 3.26. The fraction of sp³-hybridized carbons (Fsp3) is 0.286. The molecule has 7 heteroatoms. The summed E-state index contributed by atoms with van der Waals surface area (Å²) in [6.45, 7) is 4.89. The second kappa shape index (κ2) is 8.56. The highest BCUT2D eigenvalue weighted by atomic mass is 16.5. The van der Waals surface area contributed by atoms with Gasteiger partial charge in [0, 0.05) is 30.2 Å². The lowest BCUT2D eigenvalue weighted by atomic mass is 10.2. The van der Waals surface area contributed by atoms with Crippen molar-refractivity contribution in [3.8, 4) is 5.75 Å². The van der Waals surface area contributed by atoms with Gasteiger partial charge in [0.1, 0.15) is 5.75 Å². The molecule has 0 bridgehead atoms. The Hall–Kier alpha value is -3.35. The van der Waals surface area contributed by atoms with Crippen LogP contribution in [0.4, 0.5) is 28.8 Å². The van der Waals surface area contributed by atoms with E-state index >= 15 is 0 Å². The lowest BCUT2D eigenvalue weighted by Gasteiger charge is -2.17. The third kappa shape index (κ3) is 4.49. The van der Waals surface area contributed by atoms with Crippen molar-refractivity contribution in [2.45, 2.75) is 19.8 Å². The minimum absolute atomic E-state index is 0.449. The van der Waals surface area contributed by atoms with Gasteiger partial charge in [0.05, 0.1) is 12.8 Å². The topological polar surface area (TPSA) is 75.2 Å². The number of nitrogens with one attached hydrogen (secondary N) is 2. The largest absolute Gasteiger partial charge is 0.494 e. The van der Waals surface area contributed by atoms with Crippen molar-refractivity contribution in [1.82, 2.24) is 15.2 Å². The van der Waals surface area contributed by atoms with Crippen LogP contribution in [0.25, 0.3) is 0 Å². The van der Waals surface area contributed by atoms with E-state index in [9.17, 15) is 0 Å². The molecular weight excluding hydrogens is 352 g/mol. The van der Waals surface area contributed by atoms with E-state index in [-0.39, 0.29) is 0 Å². The summed E-state index contributed by atoms with van der Waals surface area (Å²) in [5.41, 5.74) is 3.10. The Bertz CT molecular complexity index is 892. The predicted octanol–water partition coefficient (Wildman–Crippen LogP) is 4.36. The Balaban J connectivity index is 1.40. The molecule has 0 radical (unpaired) electrons. The second-order valence-corrected chi connectivity index (χ2v) is 6.61. The molecule has 1 fully saturated rings. The second-order valence-electron chi connectivity index (χ2n) is 6.61. The van der Waals surface area contributed by atoms with Gasteiger partial charge < -0.3 is 20.3 Å². The monoisotopic (exact) mass is 376 g/mol. The maximum absolute atomic E-state index is 5.46. The van der Waals surface area contributed by atoms with E-state index in [1.807, 2.05) is 43.3 Å². The van der Waals surface area contributed by atoms with Gasteiger partial charge in [0.2, 0.25) is 5.95 Å². The van der Waals surface area contributed by atoms with E-state index < -0.39 is 0 Å². The number of ether oxygens (including phenoxy) is 1. The Labute approximate surface area is 164 Å². The number of anilines is 5. The molecule has 0 atom stereocenters. The number of hydrogen-bond acceptors (Lipinski definition) is 7. The zero-order valence-corrected chi connectivity index (χ0v) is 15.9. The molecule has 0 aliphatic carbocycles. The molecule has 1 aliphatic heterocycles. The summed E-state index contributed by atoms with van der Waals surface area (Å²) in [7, 11) is 0. The molecule has 0 unspecified atom stereocenters. The maximum atomic E-state index is 5.46. The van der Waals surface area contributed by atoms with Crippen LogP contribution >= 0.6 is 0 Å². The van der Waals surface area contributed by atoms with Gasteiger partial charge in [0.15, 0.2) is 5.82 Å². The fourth-order valence-electron chi connectivity index (χ4n) is 3.23. The number of aromatic nitrogens is 3. The molecule has 0 spiro atoms. The van der Waals surface area contributed by atoms with Crippen LogP contribution in [0.1, 0.15) is 19.8 Å². The molecule has 2 aromatic carbocycles. The van der Waals surface area contributed by atoms with Crippen LogP contribution in [-0.4, -0.2) is 34.9 Å². The number of benzene rings is 2. The molecule has 1 aromatic heterocycles. The SMILES string of the molecule is CCOc1ccc(Nc2cnnc(Nc3ccc(N4CCCC4)cc3)n2)cc1. The van der Waals surface area contributed by atoms with Gasteiger partial charge in [-0.25, -0.2) is 0 Å². The van der Waals surface area contributed by atoms with Crippen LogP contribution in [-0.2, 0) is 0 Å². The average molecular weight is 376 g/mol. The van der Waals surface area contributed by atoms with E-state index in [2.05, 4.69) is 42.8 Å². The van der Waals surface area contributed by atoms with Crippen molar-refractivity contribution >= 4 is 28.8 Å². The van der Waals surface area contributed by atoms with Gasteiger partial charge in [-0.05, 0) is 68.3 Å². The summed E-state index contributed by atoms with van der Waals surface area (Å²) in [5.74, 6) is 1.91. The summed E-state index contributed by atoms with van der Waals surface area (Å²) in [6.07, 6.45) is 4.14. The summed E-state index contributed by atoms with van der Waals surface area (Å²) >= 11 is 0. The Morgan fingerprint density at radius 3 is 2.32 bits per heavy atom. The van der Waals surface area contributed by atoms with E-state index in [1.54, 1.807) is 6.20 Å². The molecule has 4 rings (SSSR count). The van der Waals surface area contributed by atoms with Crippen LogP contribution in [0.3, 0.4) is 0 Å². The zero-order chi connectivity index (χ0) is 19.2. The molecule has 1 aliphatic rings. The van der Waals surface area contributed by atoms with E-state index in [4.69, 9.17) is 4.74 Å². The molecule has 3 aromatic rings. The molecule has 7 nitrogen and oxygen atoms in total. The first kappa shape index (κ1) is 18.0. The summed E-state index contributed by atoms with van der Waals surface area (Å²) in [5, 5.41) is 14.5. The van der Waals surface area contributed by atoms with Crippen molar-refractivity contribution in [3.63, 3.8) is 0 Å². The van der Waals surface area contributed by atoms with Crippen molar-refractivity contribution in [2.75, 3.05) is 35.2 Å². The zero-order valence-electron chi connectivity index (χ0n) is 15.9. The predicted molar refractivity (Wildman–Crippen MR) is 112 cm³/mol. The molecule has 28 heavy (non-hydrogen) atoms. The van der Waals surface area contributed by atoms with Gasteiger partial charge in [0.25, 0.3) is 0 Å². The van der Waals surface area contributed by atoms with Gasteiger partial charge in [-0.15, -0.1) is 5.10 Å². The molecule has 2 N–H and O–H groups in total.